The first-order chi connectivity index (χ1) is 11.8. The average molecular weight is 460 g/mol. The van der Waals surface area contributed by atoms with E-state index in [-0.39, 0.29) is 24.0 Å². The fourth-order valence-corrected chi connectivity index (χ4v) is 3.30. The monoisotopic (exact) mass is 460 g/mol. The predicted molar refractivity (Wildman–Crippen MR) is 111 cm³/mol. The van der Waals surface area contributed by atoms with Crippen LogP contribution in [0.3, 0.4) is 0 Å². The fourth-order valence-electron chi connectivity index (χ4n) is 3.30. The van der Waals surface area contributed by atoms with E-state index >= 15 is 0 Å². The number of hydrogen-bond acceptors (Lipinski definition) is 5. The molecule has 1 aromatic heterocycles. The molecule has 0 amide bonds. The van der Waals surface area contributed by atoms with Gasteiger partial charge in [0.05, 0.1) is 19.3 Å². The molecule has 1 aliphatic heterocycles. The van der Waals surface area contributed by atoms with Crippen molar-refractivity contribution in [1.82, 2.24) is 14.9 Å². The number of nitrogens with two attached hydrogens (primary N) is 1. The van der Waals surface area contributed by atoms with Crippen LogP contribution in [0.5, 0.6) is 0 Å². The lowest BCUT2D eigenvalue weighted by molar-refractivity contribution is 0.0334. The average Bonchev–Trinajstić information content (AvgIpc) is 2.67. The first kappa shape index (κ1) is 20.2. The number of nitrogens with zero attached hydrogens (tertiary/aromatic N) is 5. The van der Waals surface area contributed by atoms with Gasteiger partial charge in [-0.25, -0.2) is 9.97 Å². The summed E-state index contributed by atoms with van der Waals surface area (Å²) in [6, 6.07) is 1.83. The van der Waals surface area contributed by atoms with E-state index in [9.17, 15) is 0 Å². The highest BCUT2D eigenvalue weighted by molar-refractivity contribution is 14.0. The van der Waals surface area contributed by atoms with E-state index in [1.807, 2.05) is 6.07 Å². The molecule has 0 aromatic carbocycles. The highest BCUT2D eigenvalue weighted by atomic mass is 127. The zero-order chi connectivity index (χ0) is 16.6. The van der Waals surface area contributed by atoms with E-state index in [0.717, 1.165) is 32.1 Å². The molecule has 0 spiro atoms. The van der Waals surface area contributed by atoms with Crippen LogP contribution in [-0.2, 0) is 4.74 Å². The molecule has 0 bridgehead atoms. The first-order valence-corrected chi connectivity index (χ1v) is 9.01. The van der Waals surface area contributed by atoms with Gasteiger partial charge in [0.1, 0.15) is 0 Å². The summed E-state index contributed by atoms with van der Waals surface area (Å²) in [4.78, 5) is 17.4. The summed E-state index contributed by atoms with van der Waals surface area (Å²) < 4.78 is 5.89. The van der Waals surface area contributed by atoms with Gasteiger partial charge in [-0.3, -0.25) is 4.99 Å². The Morgan fingerprint density at radius 1 is 1.12 bits per heavy atom. The van der Waals surface area contributed by atoms with Crippen LogP contribution in [-0.4, -0.2) is 66.3 Å². The second-order valence-electron chi connectivity index (χ2n) is 6.39. The molecule has 1 aliphatic carbocycles. The molecule has 0 radical (unpaired) electrons. The minimum absolute atomic E-state index is 0. The Morgan fingerprint density at radius 2 is 1.80 bits per heavy atom. The van der Waals surface area contributed by atoms with Gasteiger partial charge >= 0.3 is 0 Å². The standard InChI is InChI=1S/C17H28N6O.HI/c18-16(19-9-14-24-15-5-2-1-3-6-15)22-10-12-23(13-11-22)17-20-7-4-8-21-17;/h4,7-8,15H,1-3,5-6,9-14H2,(H2,18,19);1H. The summed E-state index contributed by atoms with van der Waals surface area (Å²) in [6.45, 7) is 4.72. The van der Waals surface area contributed by atoms with E-state index in [4.69, 9.17) is 10.5 Å². The van der Waals surface area contributed by atoms with Gasteiger partial charge in [-0.2, -0.15) is 0 Å². The normalized spacial score (nSPS) is 19.6. The third kappa shape index (κ3) is 6.25. The van der Waals surface area contributed by atoms with Gasteiger partial charge in [0.25, 0.3) is 0 Å². The van der Waals surface area contributed by atoms with Crippen LogP contribution >= 0.6 is 24.0 Å². The van der Waals surface area contributed by atoms with Gasteiger partial charge < -0.3 is 20.3 Å². The lowest BCUT2D eigenvalue weighted by Gasteiger charge is -2.35. The summed E-state index contributed by atoms with van der Waals surface area (Å²) in [5.74, 6) is 1.41. The number of piperazine rings is 1. The van der Waals surface area contributed by atoms with Crippen molar-refractivity contribution in [2.24, 2.45) is 10.7 Å². The van der Waals surface area contributed by atoms with Gasteiger partial charge in [0.2, 0.25) is 5.95 Å². The molecule has 0 atom stereocenters. The van der Waals surface area contributed by atoms with Crippen molar-refractivity contribution in [3.8, 4) is 0 Å². The van der Waals surface area contributed by atoms with Crippen molar-refractivity contribution in [3.63, 3.8) is 0 Å². The molecule has 3 rings (SSSR count). The van der Waals surface area contributed by atoms with Crippen LogP contribution in [0.1, 0.15) is 32.1 Å². The Labute approximate surface area is 167 Å². The minimum atomic E-state index is 0. The molecule has 2 fully saturated rings. The number of anilines is 1. The molecular weight excluding hydrogens is 431 g/mol. The van der Waals surface area contributed by atoms with Gasteiger partial charge in [-0.05, 0) is 18.9 Å². The molecule has 8 heteroatoms. The predicted octanol–water partition coefficient (Wildman–Crippen LogP) is 1.88. The molecule has 2 heterocycles. The maximum Gasteiger partial charge on any atom is 0.225 e. The molecule has 140 valence electrons. The van der Waals surface area contributed by atoms with Crippen LogP contribution in [0.25, 0.3) is 0 Å². The van der Waals surface area contributed by atoms with E-state index in [2.05, 4.69) is 24.8 Å². The SMILES string of the molecule is I.NC(=NCCOC1CCCCC1)N1CCN(c2ncccn2)CC1. The summed E-state index contributed by atoms with van der Waals surface area (Å²) in [5.41, 5.74) is 6.12. The van der Waals surface area contributed by atoms with Crippen LogP contribution in [0.2, 0.25) is 0 Å². The highest BCUT2D eigenvalue weighted by Crippen LogP contribution is 2.20. The lowest BCUT2D eigenvalue weighted by atomic mass is 9.98. The summed E-state index contributed by atoms with van der Waals surface area (Å²) >= 11 is 0. The molecule has 2 N–H and O–H groups in total. The molecular formula is C17H29IN6O. The second kappa shape index (κ2) is 10.7. The maximum atomic E-state index is 6.12. The van der Waals surface area contributed by atoms with E-state index in [1.54, 1.807) is 12.4 Å². The van der Waals surface area contributed by atoms with Gasteiger partial charge in [0, 0.05) is 38.6 Å². The van der Waals surface area contributed by atoms with Crippen molar-refractivity contribution >= 4 is 35.9 Å². The van der Waals surface area contributed by atoms with Gasteiger partial charge in [-0.15, -0.1) is 24.0 Å². The second-order valence-corrected chi connectivity index (χ2v) is 6.39. The molecule has 2 aliphatic rings. The smallest absolute Gasteiger partial charge is 0.225 e. The zero-order valence-electron chi connectivity index (χ0n) is 14.7. The Balaban J connectivity index is 0.00000225. The number of ether oxygens (including phenoxy) is 1. The lowest BCUT2D eigenvalue weighted by Crippen LogP contribution is -2.51. The number of hydrogen-bond donors (Lipinski definition) is 1. The van der Waals surface area contributed by atoms with Crippen molar-refractivity contribution < 1.29 is 4.74 Å². The molecule has 1 aromatic rings. The number of halogens is 1. The van der Waals surface area contributed by atoms with Crippen molar-refractivity contribution in [3.05, 3.63) is 18.5 Å². The summed E-state index contributed by atoms with van der Waals surface area (Å²) in [6.07, 6.45) is 10.3. The molecule has 25 heavy (non-hydrogen) atoms. The number of aromatic nitrogens is 2. The topological polar surface area (TPSA) is 79.9 Å². The van der Waals surface area contributed by atoms with Gasteiger partial charge in [0.15, 0.2) is 5.96 Å². The van der Waals surface area contributed by atoms with E-state index < -0.39 is 0 Å². The minimum Gasteiger partial charge on any atom is -0.376 e. The largest absolute Gasteiger partial charge is 0.376 e. The van der Waals surface area contributed by atoms with Crippen LogP contribution in [0.15, 0.2) is 23.5 Å². The number of aliphatic imine (C=N–C) groups is 1. The van der Waals surface area contributed by atoms with Crippen LogP contribution in [0, 0.1) is 0 Å². The Hall–Kier alpha value is -1.16. The molecule has 0 unspecified atom stereocenters. The van der Waals surface area contributed by atoms with Crippen molar-refractivity contribution in [2.75, 3.05) is 44.2 Å². The van der Waals surface area contributed by atoms with Gasteiger partial charge in [-0.1, -0.05) is 19.3 Å². The van der Waals surface area contributed by atoms with E-state index in [1.165, 1.54) is 32.1 Å². The quantitative estimate of drug-likeness (QED) is 0.313. The molecule has 1 saturated heterocycles. The van der Waals surface area contributed by atoms with Crippen molar-refractivity contribution in [2.45, 2.75) is 38.2 Å². The number of rotatable bonds is 5. The third-order valence-corrected chi connectivity index (χ3v) is 4.71. The summed E-state index contributed by atoms with van der Waals surface area (Å²) in [7, 11) is 0. The Morgan fingerprint density at radius 3 is 2.48 bits per heavy atom. The zero-order valence-corrected chi connectivity index (χ0v) is 17.0. The van der Waals surface area contributed by atoms with Crippen LogP contribution < -0.4 is 10.6 Å². The fraction of sp³-hybridized carbons (Fsp3) is 0.706. The van der Waals surface area contributed by atoms with Crippen LogP contribution in [0.4, 0.5) is 5.95 Å². The first-order valence-electron chi connectivity index (χ1n) is 9.01. The maximum absolute atomic E-state index is 6.12. The Kier molecular flexibility index (Phi) is 8.66. The number of guanidine groups is 1. The third-order valence-electron chi connectivity index (χ3n) is 4.71. The Bertz CT molecular complexity index is 515. The molecule has 1 saturated carbocycles. The summed E-state index contributed by atoms with van der Waals surface area (Å²) in [5, 5.41) is 0. The van der Waals surface area contributed by atoms with Crippen molar-refractivity contribution in [1.29, 1.82) is 0 Å². The molecule has 7 nitrogen and oxygen atoms in total. The highest BCUT2D eigenvalue weighted by Gasteiger charge is 2.20. The van der Waals surface area contributed by atoms with E-state index in [0.29, 0.717) is 25.2 Å².